The third-order valence-electron chi connectivity index (χ3n) is 3.63. The highest BCUT2D eigenvalue weighted by Gasteiger charge is 2.28. The summed E-state index contributed by atoms with van der Waals surface area (Å²) in [6, 6.07) is 4.54. The maximum absolute atomic E-state index is 13.2. The van der Waals surface area contributed by atoms with Crippen molar-refractivity contribution in [2.75, 3.05) is 33.3 Å². The quantitative estimate of drug-likeness (QED) is 0.926. The van der Waals surface area contributed by atoms with E-state index >= 15 is 0 Å². The lowest BCUT2D eigenvalue weighted by atomic mass is 10.1. The number of rotatable bonds is 4. The average molecular weight is 315 g/mol. The Balaban J connectivity index is 2.06. The molecule has 2 atom stereocenters. The minimum atomic E-state index is -0.452. The van der Waals surface area contributed by atoms with Crippen molar-refractivity contribution in [1.82, 2.24) is 10.2 Å². The lowest BCUT2D eigenvalue weighted by molar-refractivity contribution is -0.142. The fraction of sp³-hybridized carbons (Fsp3) is 0.533. The van der Waals surface area contributed by atoms with E-state index in [1.165, 1.54) is 6.07 Å². The molecule has 1 aromatic carbocycles. The Morgan fingerprint density at radius 3 is 3.05 bits per heavy atom. The molecule has 0 aliphatic carbocycles. The Labute approximate surface area is 129 Å². The summed E-state index contributed by atoms with van der Waals surface area (Å²) in [6.07, 6.45) is -0.261. The normalized spacial score (nSPS) is 20.4. The number of benzene rings is 1. The van der Waals surface area contributed by atoms with Crippen molar-refractivity contribution in [3.63, 3.8) is 0 Å². The Morgan fingerprint density at radius 2 is 2.38 bits per heavy atom. The standard InChI is InChI=1S/C15H20ClFN2O2/c1-10(8-18-2)15(20)19-5-6-21-14(9-19)11-3-4-13(17)12(16)7-11/h3-4,7,10,14,18H,5-6,8-9H2,1-2H3. The number of hydrogen-bond acceptors (Lipinski definition) is 3. The van der Waals surface area contributed by atoms with E-state index in [1.807, 2.05) is 14.0 Å². The van der Waals surface area contributed by atoms with Gasteiger partial charge in [0.15, 0.2) is 0 Å². The van der Waals surface area contributed by atoms with Crippen molar-refractivity contribution >= 4 is 17.5 Å². The van der Waals surface area contributed by atoms with Crippen LogP contribution in [0.4, 0.5) is 4.39 Å². The van der Waals surface area contributed by atoms with Crippen LogP contribution in [0.5, 0.6) is 0 Å². The summed E-state index contributed by atoms with van der Waals surface area (Å²) in [5, 5.41) is 3.08. The molecule has 6 heteroatoms. The van der Waals surface area contributed by atoms with Crippen molar-refractivity contribution in [3.8, 4) is 0 Å². The van der Waals surface area contributed by atoms with Crippen LogP contribution in [-0.4, -0.2) is 44.1 Å². The molecular formula is C15H20ClFN2O2. The van der Waals surface area contributed by atoms with Crippen LogP contribution >= 0.6 is 11.6 Å². The van der Waals surface area contributed by atoms with Gasteiger partial charge in [-0.2, -0.15) is 0 Å². The van der Waals surface area contributed by atoms with Crippen molar-refractivity contribution in [1.29, 1.82) is 0 Å². The fourth-order valence-electron chi connectivity index (χ4n) is 2.47. The number of ether oxygens (including phenoxy) is 1. The molecular weight excluding hydrogens is 295 g/mol. The van der Waals surface area contributed by atoms with Crippen LogP contribution in [-0.2, 0) is 9.53 Å². The van der Waals surface area contributed by atoms with Crippen molar-refractivity contribution in [3.05, 3.63) is 34.6 Å². The molecule has 0 saturated carbocycles. The molecule has 0 bridgehead atoms. The third kappa shape index (κ3) is 3.93. The highest BCUT2D eigenvalue weighted by Crippen LogP contribution is 2.26. The zero-order chi connectivity index (χ0) is 15.4. The highest BCUT2D eigenvalue weighted by molar-refractivity contribution is 6.30. The van der Waals surface area contributed by atoms with Gasteiger partial charge in [-0.1, -0.05) is 24.6 Å². The van der Waals surface area contributed by atoms with Gasteiger partial charge >= 0.3 is 0 Å². The highest BCUT2D eigenvalue weighted by atomic mass is 35.5. The molecule has 1 aliphatic heterocycles. The molecule has 0 radical (unpaired) electrons. The number of hydrogen-bond donors (Lipinski definition) is 1. The lowest BCUT2D eigenvalue weighted by Gasteiger charge is -2.34. The van der Waals surface area contributed by atoms with E-state index in [-0.39, 0.29) is 23.0 Å². The van der Waals surface area contributed by atoms with E-state index in [2.05, 4.69) is 5.32 Å². The van der Waals surface area contributed by atoms with Gasteiger partial charge in [0, 0.05) is 19.0 Å². The monoisotopic (exact) mass is 314 g/mol. The van der Waals surface area contributed by atoms with Gasteiger partial charge < -0.3 is 15.0 Å². The predicted molar refractivity (Wildman–Crippen MR) is 79.8 cm³/mol. The summed E-state index contributed by atoms with van der Waals surface area (Å²) in [6.45, 7) is 4.06. The summed E-state index contributed by atoms with van der Waals surface area (Å²) in [5.74, 6) is -0.428. The van der Waals surface area contributed by atoms with Gasteiger partial charge in [-0.3, -0.25) is 4.79 Å². The molecule has 116 valence electrons. The van der Waals surface area contributed by atoms with E-state index in [4.69, 9.17) is 16.3 Å². The second kappa shape index (κ2) is 7.20. The van der Waals surface area contributed by atoms with Crippen LogP contribution < -0.4 is 5.32 Å². The zero-order valence-corrected chi connectivity index (χ0v) is 13.0. The smallest absolute Gasteiger partial charge is 0.226 e. The van der Waals surface area contributed by atoms with Crippen LogP contribution in [0.2, 0.25) is 5.02 Å². The molecule has 1 fully saturated rings. The number of morpholine rings is 1. The number of carbonyl (C=O) groups is 1. The molecule has 1 amide bonds. The zero-order valence-electron chi connectivity index (χ0n) is 12.2. The van der Waals surface area contributed by atoms with Crippen molar-refractivity contribution in [2.24, 2.45) is 5.92 Å². The van der Waals surface area contributed by atoms with E-state index < -0.39 is 5.82 Å². The fourth-order valence-corrected chi connectivity index (χ4v) is 2.66. The third-order valence-corrected chi connectivity index (χ3v) is 3.92. The van der Waals surface area contributed by atoms with Gasteiger partial charge in [0.2, 0.25) is 5.91 Å². The Morgan fingerprint density at radius 1 is 1.62 bits per heavy atom. The molecule has 1 saturated heterocycles. The van der Waals surface area contributed by atoms with Gasteiger partial charge in [0.25, 0.3) is 0 Å². The van der Waals surface area contributed by atoms with Crippen LogP contribution in [0.15, 0.2) is 18.2 Å². The lowest BCUT2D eigenvalue weighted by Crippen LogP contribution is -2.46. The number of carbonyl (C=O) groups excluding carboxylic acids is 1. The van der Waals surface area contributed by atoms with E-state index in [9.17, 15) is 9.18 Å². The molecule has 1 aromatic rings. The molecule has 21 heavy (non-hydrogen) atoms. The van der Waals surface area contributed by atoms with E-state index in [0.29, 0.717) is 26.2 Å². The summed E-state index contributed by atoms with van der Waals surface area (Å²) < 4.78 is 18.9. The Bertz CT molecular complexity index is 512. The molecule has 1 N–H and O–H groups in total. The van der Waals surface area contributed by atoms with Gasteiger partial charge in [0.05, 0.1) is 18.2 Å². The van der Waals surface area contributed by atoms with Gasteiger partial charge in [-0.15, -0.1) is 0 Å². The first kappa shape index (κ1) is 16.2. The van der Waals surface area contributed by atoms with E-state index in [1.54, 1.807) is 17.0 Å². The van der Waals surface area contributed by atoms with Crippen LogP contribution in [0.3, 0.4) is 0 Å². The minimum absolute atomic E-state index is 0.0723. The number of amides is 1. The largest absolute Gasteiger partial charge is 0.370 e. The second-order valence-electron chi connectivity index (χ2n) is 5.28. The minimum Gasteiger partial charge on any atom is -0.370 e. The molecule has 1 aliphatic rings. The first-order valence-corrected chi connectivity index (χ1v) is 7.40. The molecule has 1 heterocycles. The second-order valence-corrected chi connectivity index (χ2v) is 5.68. The predicted octanol–water partition coefficient (Wildman–Crippen LogP) is 2.23. The first-order valence-electron chi connectivity index (χ1n) is 7.03. The summed E-state index contributed by atoms with van der Waals surface area (Å²) in [7, 11) is 1.83. The SMILES string of the molecule is CNCC(C)C(=O)N1CCOC(c2ccc(F)c(Cl)c2)C1. The number of halogens is 2. The van der Waals surface area contributed by atoms with Gasteiger partial charge in [-0.25, -0.2) is 4.39 Å². The maximum atomic E-state index is 13.2. The van der Waals surface area contributed by atoms with E-state index in [0.717, 1.165) is 5.56 Å². The first-order chi connectivity index (χ1) is 10.0. The van der Waals surface area contributed by atoms with Crippen LogP contribution in [0, 0.1) is 11.7 Å². The summed E-state index contributed by atoms with van der Waals surface area (Å²) >= 11 is 5.80. The summed E-state index contributed by atoms with van der Waals surface area (Å²) in [4.78, 5) is 14.1. The van der Waals surface area contributed by atoms with Crippen LogP contribution in [0.1, 0.15) is 18.6 Å². The molecule has 0 spiro atoms. The molecule has 4 nitrogen and oxygen atoms in total. The number of nitrogens with one attached hydrogen (secondary N) is 1. The molecule has 2 unspecified atom stereocenters. The van der Waals surface area contributed by atoms with Crippen molar-refractivity contribution in [2.45, 2.75) is 13.0 Å². The van der Waals surface area contributed by atoms with Gasteiger partial charge in [0.1, 0.15) is 11.9 Å². The Kier molecular flexibility index (Phi) is 5.56. The topological polar surface area (TPSA) is 41.6 Å². The average Bonchev–Trinajstić information content (AvgIpc) is 2.49. The number of nitrogens with zero attached hydrogens (tertiary/aromatic N) is 1. The molecule has 2 rings (SSSR count). The van der Waals surface area contributed by atoms with Crippen molar-refractivity contribution < 1.29 is 13.9 Å². The maximum Gasteiger partial charge on any atom is 0.226 e. The summed E-state index contributed by atoms with van der Waals surface area (Å²) in [5.41, 5.74) is 0.792. The Hall–Kier alpha value is -1.17. The van der Waals surface area contributed by atoms with Crippen LogP contribution in [0.25, 0.3) is 0 Å². The van der Waals surface area contributed by atoms with Gasteiger partial charge in [-0.05, 0) is 24.7 Å². The molecule has 0 aromatic heterocycles.